The quantitative estimate of drug-likeness (QED) is 0.634. The number of nitrogens with two attached hydrogens (primary N) is 1. The minimum absolute atomic E-state index is 0. The first-order valence-electron chi connectivity index (χ1n) is 9.17. The summed E-state index contributed by atoms with van der Waals surface area (Å²) < 4.78 is 26.6. The highest BCUT2D eigenvalue weighted by Gasteiger charge is 2.27. The van der Waals surface area contributed by atoms with Crippen LogP contribution in [0.25, 0.3) is 0 Å². The largest absolute Gasteiger partial charge is 0.354 e. The van der Waals surface area contributed by atoms with Gasteiger partial charge in [0.1, 0.15) is 11.6 Å². The number of nitrogens with one attached hydrogen (secondary N) is 1. The Labute approximate surface area is 169 Å². The van der Waals surface area contributed by atoms with E-state index < -0.39 is 17.4 Å². The van der Waals surface area contributed by atoms with Crippen molar-refractivity contribution >= 4 is 30.0 Å². The predicted molar refractivity (Wildman–Crippen MR) is 103 cm³/mol. The van der Waals surface area contributed by atoms with E-state index in [-0.39, 0.29) is 61.6 Å². The third-order valence-corrected chi connectivity index (χ3v) is 4.65. The maximum Gasteiger partial charge on any atom is 0.223 e. The van der Waals surface area contributed by atoms with Crippen molar-refractivity contribution in [2.75, 3.05) is 19.6 Å². The fraction of sp³-hybridized carbons (Fsp3) is 0.526. The summed E-state index contributed by atoms with van der Waals surface area (Å²) in [7, 11) is 0. The first-order chi connectivity index (χ1) is 12.9. The molecule has 1 fully saturated rings. The number of carbonyl (C=O) groups is 3. The Morgan fingerprint density at radius 3 is 2.57 bits per heavy atom. The van der Waals surface area contributed by atoms with Crippen LogP contribution in [0.5, 0.6) is 0 Å². The third kappa shape index (κ3) is 6.83. The number of hydrogen-bond acceptors (Lipinski definition) is 4. The molecule has 9 heteroatoms. The van der Waals surface area contributed by atoms with Gasteiger partial charge in [0, 0.05) is 51.0 Å². The van der Waals surface area contributed by atoms with Gasteiger partial charge < -0.3 is 16.0 Å². The number of carbonyl (C=O) groups excluding carboxylic acids is 3. The van der Waals surface area contributed by atoms with E-state index in [1.165, 1.54) is 0 Å². The van der Waals surface area contributed by atoms with E-state index in [0.29, 0.717) is 19.2 Å². The second kappa shape index (κ2) is 11.7. The SMILES string of the molecule is Cl.NCCC(=O)NCC1CCCCN1C(=O)CCC(=O)c1ccc(F)cc1F. The lowest BCUT2D eigenvalue weighted by Gasteiger charge is -2.36. The van der Waals surface area contributed by atoms with Crippen LogP contribution in [0.3, 0.4) is 0 Å². The smallest absolute Gasteiger partial charge is 0.223 e. The van der Waals surface area contributed by atoms with Crippen LogP contribution in [0.2, 0.25) is 0 Å². The van der Waals surface area contributed by atoms with E-state index in [0.717, 1.165) is 31.4 Å². The zero-order valence-corrected chi connectivity index (χ0v) is 16.4. The van der Waals surface area contributed by atoms with Gasteiger partial charge in [-0.3, -0.25) is 14.4 Å². The van der Waals surface area contributed by atoms with Crippen molar-refractivity contribution in [2.45, 2.75) is 44.6 Å². The van der Waals surface area contributed by atoms with E-state index >= 15 is 0 Å². The molecular weight excluding hydrogens is 392 g/mol. The van der Waals surface area contributed by atoms with Crippen molar-refractivity contribution in [2.24, 2.45) is 5.73 Å². The highest BCUT2D eigenvalue weighted by molar-refractivity contribution is 5.98. The van der Waals surface area contributed by atoms with Crippen LogP contribution in [0.4, 0.5) is 8.78 Å². The van der Waals surface area contributed by atoms with Gasteiger partial charge in [-0.1, -0.05) is 0 Å². The lowest BCUT2D eigenvalue weighted by Crippen LogP contribution is -2.49. The van der Waals surface area contributed by atoms with Crippen molar-refractivity contribution < 1.29 is 23.2 Å². The summed E-state index contributed by atoms with van der Waals surface area (Å²) in [4.78, 5) is 37.9. The zero-order chi connectivity index (χ0) is 19.8. The van der Waals surface area contributed by atoms with E-state index in [1.807, 2.05) is 0 Å². The van der Waals surface area contributed by atoms with Gasteiger partial charge in [-0.15, -0.1) is 12.4 Å². The summed E-state index contributed by atoms with van der Waals surface area (Å²) >= 11 is 0. The Hall–Kier alpha value is -2.06. The lowest BCUT2D eigenvalue weighted by molar-refractivity contribution is -0.135. The number of ketones is 1. The molecular formula is C19H26ClF2N3O3. The second-order valence-corrected chi connectivity index (χ2v) is 6.63. The number of likely N-dealkylation sites (tertiary alicyclic amines) is 1. The van der Waals surface area contributed by atoms with Crippen LogP contribution in [-0.4, -0.2) is 48.2 Å². The second-order valence-electron chi connectivity index (χ2n) is 6.63. The number of rotatable bonds is 8. The first-order valence-corrected chi connectivity index (χ1v) is 9.17. The summed E-state index contributed by atoms with van der Waals surface area (Å²) in [6.45, 7) is 1.18. The molecule has 2 rings (SSSR count). The van der Waals surface area contributed by atoms with Gasteiger partial charge >= 0.3 is 0 Å². The van der Waals surface area contributed by atoms with Crippen LogP contribution in [0, 0.1) is 11.6 Å². The summed E-state index contributed by atoms with van der Waals surface area (Å²) in [6, 6.07) is 2.64. The summed E-state index contributed by atoms with van der Waals surface area (Å²) in [5.41, 5.74) is 5.13. The van der Waals surface area contributed by atoms with E-state index in [2.05, 4.69) is 5.32 Å². The number of benzene rings is 1. The molecule has 0 radical (unpaired) electrons. The van der Waals surface area contributed by atoms with Gasteiger partial charge in [-0.25, -0.2) is 8.78 Å². The summed E-state index contributed by atoms with van der Waals surface area (Å²) in [5.74, 6) is -2.58. The Morgan fingerprint density at radius 2 is 1.89 bits per heavy atom. The van der Waals surface area contributed by atoms with Gasteiger partial charge in [0.05, 0.1) is 5.56 Å². The van der Waals surface area contributed by atoms with Crippen LogP contribution < -0.4 is 11.1 Å². The maximum atomic E-state index is 13.7. The topological polar surface area (TPSA) is 92.5 Å². The van der Waals surface area contributed by atoms with Crippen LogP contribution in [-0.2, 0) is 9.59 Å². The average Bonchev–Trinajstić information content (AvgIpc) is 2.64. The summed E-state index contributed by atoms with van der Waals surface area (Å²) in [6.07, 6.45) is 2.63. The number of Topliss-reactive ketones (excluding diaryl/α,β-unsaturated/α-hetero) is 1. The highest BCUT2D eigenvalue weighted by Crippen LogP contribution is 2.19. The molecule has 2 amide bonds. The molecule has 6 nitrogen and oxygen atoms in total. The van der Waals surface area contributed by atoms with Crippen molar-refractivity contribution in [3.8, 4) is 0 Å². The number of piperidine rings is 1. The van der Waals surface area contributed by atoms with Crippen molar-refractivity contribution in [1.82, 2.24) is 10.2 Å². The molecule has 0 saturated carbocycles. The molecule has 1 aromatic carbocycles. The maximum absolute atomic E-state index is 13.7. The fourth-order valence-electron chi connectivity index (χ4n) is 3.21. The minimum atomic E-state index is -0.925. The van der Waals surface area contributed by atoms with Gasteiger partial charge in [-0.2, -0.15) is 0 Å². The first kappa shape index (κ1) is 24.0. The Bertz CT molecular complexity index is 703. The Kier molecular flexibility index (Phi) is 10.0. The number of hydrogen-bond donors (Lipinski definition) is 2. The monoisotopic (exact) mass is 417 g/mol. The molecule has 0 bridgehead atoms. The number of halogens is 3. The van der Waals surface area contributed by atoms with Gasteiger partial charge in [-0.05, 0) is 31.4 Å². The van der Waals surface area contributed by atoms with E-state index in [4.69, 9.17) is 5.73 Å². The number of amides is 2. The number of nitrogens with zero attached hydrogens (tertiary/aromatic N) is 1. The molecule has 28 heavy (non-hydrogen) atoms. The predicted octanol–water partition coefficient (Wildman–Crippen LogP) is 2.20. The van der Waals surface area contributed by atoms with Gasteiger partial charge in [0.15, 0.2) is 5.78 Å². The normalized spacial score (nSPS) is 16.2. The molecule has 1 atom stereocenters. The summed E-state index contributed by atoms with van der Waals surface area (Å²) in [5, 5.41) is 2.78. The van der Waals surface area contributed by atoms with Crippen molar-refractivity contribution in [3.05, 3.63) is 35.4 Å². The average molecular weight is 418 g/mol. The highest BCUT2D eigenvalue weighted by atomic mass is 35.5. The van der Waals surface area contributed by atoms with Crippen LogP contribution >= 0.6 is 12.4 Å². The standard InChI is InChI=1S/C19H25F2N3O3.ClH/c20-13-4-5-15(16(21)11-13)17(25)6-7-19(27)24-10-2-1-3-14(24)12-23-18(26)8-9-22;/h4-5,11,14H,1-3,6-10,12,22H2,(H,23,26);1H. The minimum Gasteiger partial charge on any atom is -0.354 e. The molecule has 3 N–H and O–H groups in total. The van der Waals surface area contributed by atoms with E-state index in [9.17, 15) is 23.2 Å². The molecule has 0 spiro atoms. The van der Waals surface area contributed by atoms with Crippen molar-refractivity contribution in [1.29, 1.82) is 0 Å². The molecule has 0 aliphatic carbocycles. The third-order valence-electron chi connectivity index (χ3n) is 4.65. The lowest BCUT2D eigenvalue weighted by atomic mass is 10.00. The van der Waals surface area contributed by atoms with E-state index in [1.54, 1.807) is 4.90 Å². The fourth-order valence-corrected chi connectivity index (χ4v) is 3.21. The van der Waals surface area contributed by atoms with Crippen LogP contribution in [0.15, 0.2) is 18.2 Å². The molecule has 1 unspecified atom stereocenters. The molecule has 1 heterocycles. The van der Waals surface area contributed by atoms with Crippen LogP contribution in [0.1, 0.15) is 48.9 Å². The Morgan fingerprint density at radius 1 is 1.14 bits per heavy atom. The van der Waals surface area contributed by atoms with Crippen molar-refractivity contribution in [3.63, 3.8) is 0 Å². The molecule has 156 valence electrons. The molecule has 1 aliphatic rings. The molecule has 1 saturated heterocycles. The molecule has 1 aromatic rings. The van der Waals surface area contributed by atoms with Gasteiger partial charge in [0.25, 0.3) is 0 Å². The molecule has 1 aliphatic heterocycles. The zero-order valence-electron chi connectivity index (χ0n) is 15.6. The Balaban J connectivity index is 0.00000392. The molecule has 0 aromatic heterocycles. The van der Waals surface area contributed by atoms with Gasteiger partial charge in [0.2, 0.25) is 11.8 Å².